The minimum absolute atomic E-state index is 0.331. The maximum atomic E-state index is 10.5. The third kappa shape index (κ3) is 3.85. The van der Waals surface area contributed by atoms with Crippen LogP contribution in [0.5, 0.6) is 0 Å². The Labute approximate surface area is 110 Å². The second-order valence-electron chi connectivity index (χ2n) is 5.99. The fourth-order valence-electron chi connectivity index (χ4n) is 2.96. The summed E-state index contributed by atoms with van der Waals surface area (Å²) < 4.78 is 5.34. The zero-order valence-electron chi connectivity index (χ0n) is 11.5. The summed E-state index contributed by atoms with van der Waals surface area (Å²) in [6.07, 6.45) is 6.83. The highest BCUT2D eigenvalue weighted by molar-refractivity contribution is 5.00. The minimum Gasteiger partial charge on any atom is -0.469 e. The van der Waals surface area contributed by atoms with Crippen molar-refractivity contribution in [1.29, 1.82) is 0 Å². The van der Waals surface area contributed by atoms with Gasteiger partial charge < -0.3 is 14.8 Å². The normalized spacial score (nSPS) is 30.3. The minimum atomic E-state index is -0.505. The van der Waals surface area contributed by atoms with Gasteiger partial charge in [0.1, 0.15) is 5.76 Å². The smallest absolute Gasteiger partial charge is 0.105 e. The molecule has 0 saturated heterocycles. The number of aliphatic hydroxyl groups is 1. The number of rotatable bonds is 5. The summed E-state index contributed by atoms with van der Waals surface area (Å²) in [7, 11) is 0. The maximum absolute atomic E-state index is 10.5. The molecule has 1 aliphatic rings. The first-order valence-electron chi connectivity index (χ1n) is 7.05. The van der Waals surface area contributed by atoms with Gasteiger partial charge in [-0.2, -0.15) is 0 Å². The molecule has 1 fully saturated rings. The van der Waals surface area contributed by atoms with E-state index in [9.17, 15) is 5.11 Å². The SMILES string of the molecule is CC1CCCC(O)(CNC(C)Cc2ccco2)C1. The summed E-state index contributed by atoms with van der Waals surface area (Å²) in [5, 5.41) is 14.0. The molecule has 18 heavy (non-hydrogen) atoms. The Balaban J connectivity index is 1.76. The second kappa shape index (κ2) is 5.89. The quantitative estimate of drug-likeness (QED) is 0.846. The first-order chi connectivity index (χ1) is 8.57. The molecule has 1 aromatic heterocycles. The van der Waals surface area contributed by atoms with E-state index >= 15 is 0 Å². The molecule has 0 spiro atoms. The number of hydrogen-bond donors (Lipinski definition) is 2. The molecule has 1 saturated carbocycles. The van der Waals surface area contributed by atoms with Crippen LogP contribution in [0.1, 0.15) is 45.3 Å². The van der Waals surface area contributed by atoms with Crippen LogP contribution in [-0.4, -0.2) is 23.3 Å². The van der Waals surface area contributed by atoms with Crippen molar-refractivity contribution in [2.75, 3.05) is 6.54 Å². The summed E-state index contributed by atoms with van der Waals surface area (Å²) in [6, 6.07) is 4.24. The summed E-state index contributed by atoms with van der Waals surface area (Å²) in [4.78, 5) is 0. The van der Waals surface area contributed by atoms with Crippen molar-refractivity contribution in [3.63, 3.8) is 0 Å². The molecule has 0 aliphatic heterocycles. The van der Waals surface area contributed by atoms with Gasteiger partial charge in [0, 0.05) is 19.0 Å². The Morgan fingerprint density at radius 1 is 1.61 bits per heavy atom. The molecule has 1 heterocycles. The molecule has 1 aromatic rings. The lowest BCUT2D eigenvalue weighted by Crippen LogP contribution is -2.46. The average Bonchev–Trinajstić information content (AvgIpc) is 2.79. The van der Waals surface area contributed by atoms with Crippen LogP contribution in [0.2, 0.25) is 0 Å². The van der Waals surface area contributed by atoms with Crippen molar-refractivity contribution in [3.05, 3.63) is 24.2 Å². The van der Waals surface area contributed by atoms with E-state index in [-0.39, 0.29) is 0 Å². The van der Waals surface area contributed by atoms with E-state index in [4.69, 9.17) is 4.42 Å². The molecule has 102 valence electrons. The fourth-order valence-corrected chi connectivity index (χ4v) is 2.96. The lowest BCUT2D eigenvalue weighted by atomic mass is 9.79. The first kappa shape index (κ1) is 13.6. The van der Waals surface area contributed by atoms with Crippen LogP contribution >= 0.6 is 0 Å². The Hall–Kier alpha value is -0.800. The molecular formula is C15H25NO2. The van der Waals surface area contributed by atoms with Crippen molar-refractivity contribution in [3.8, 4) is 0 Å². The van der Waals surface area contributed by atoms with Crippen LogP contribution in [0.25, 0.3) is 0 Å². The number of furan rings is 1. The highest BCUT2D eigenvalue weighted by Crippen LogP contribution is 2.31. The zero-order valence-corrected chi connectivity index (χ0v) is 11.5. The van der Waals surface area contributed by atoms with Crippen LogP contribution in [0, 0.1) is 5.92 Å². The van der Waals surface area contributed by atoms with Crippen molar-refractivity contribution < 1.29 is 9.52 Å². The Kier molecular flexibility index (Phi) is 4.46. The van der Waals surface area contributed by atoms with Gasteiger partial charge in [0.2, 0.25) is 0 Å². The van der Waals surface area contributed by atoms with Gasteiger partial charge in [-0.25, -0.2) is 0 Å². The molecule has 2 N–H and O–H groups in total. The van der Waals surface area contributed by atoms with E-state index in [1.807, 2.05) is 12.1 Å². The molecule has 3 atom stereocenters. The van der Waals surface area contributed by atoms with E-state index in [2.05, 4.69) is 19.2 Å². The predicted octanol–water partition coefficient (Wildman–Crippen LogP) is 2.74. The molecule has 0 aromatic carbocycles. The molecular weight excluding hydrogens is 226 g/mol. The Morgan fingerprint density at radius 2 is 2.44 bits per heavy atom. The zero-order chi connectivity index (χ0) is 13.0. The maximum Gasteiger partial charge on any atom is 0.105 e. The monoisotopic (exact) mass is 251 g/mol. The van der Waals surface area contributed by atoms with E-state index in [0.29, 0.717) is 18.5 Å². The van der Waals surface area contributed by atoms with Crippen LogP contribution in [-0.2, 0) is 6.42 Å². The van der Waals surface area contributed by atoms with E-state index in [1.54, 1.807) is 6.26 Å². The van der Waals surface area contributed by atoms with Crippen molar-refractivity contribution in [1.82, 2.24) is 5.32 Å². The van der Waals surface area contributed by atoms with Gasteiger partial charge in [0.15, 0.2) is 0 Å². The first-order valence-corrected chi connectivity index (χ1v) is 7.05. The van der Waals surface area contributed by atoms with Crippen molar-refractivity contribution in [2.45, 2.75) is 57.6 Å². The molecule has 0 amide bonds. The number of hydrogen-bond acceptors (Lipinski definition) is 3. The van der Waals surface area contributed by atoms with Gasteiger partial charge in [-0.3, -0.25) is 0 Å². The van der Waals surface area contributed by atoms with Crippen LogP contribution in [0.3, 0.4) is 0 Å². The van der Waals surface area contributed by atoms with Gasteiger partial charge in [-0.05, 0) is 37.8 Å². The van der Waals surface area contributed by atoms with E-state index in [1.165, 1.54) is 6.42 Å². The van der Waals surface area contributed by atoms with E-state index < -0.39 is 5.60 Å². The molecule has 0 bridgehead atoms. The molecule has 1 aliphatic carbocycles. The summed E-state index contributed by atoms with van der Waals surface area (Å²) in [5.74, 6) is 1.64. The van der Waals surface area contributed by atoms with Gasteiger partial charge in [-0.1, -0.05) is 19.8 Å². The Bertz CT molecular complexity index is 349. The van der Waals surface area contributed by atoms with Gasteiger partial charge in [-0.15, -0.1) is 0 Å². The lowest BCUT2D eigenvalue weighted by Gasteiger charge is -2.36. The molecule has 0 radical (unpaired) electrons. The second-order valence-corrected chi connectivity index (χ2v) is 5.99. The highest BCUT2D eigenvalue weighted by Gasteiger charge is 2.32. The third-order valence-electron chi connectivity index (χ3n) is 3.93. The molecule has 3 unspecified atom stereocenters. The molecule has 3 nitrogen and oxygen atoms in total. The van der Waals surface area contributed by atoms with Crippen LogP contribution in [0.4, 0.5) is 0 Å². The van der Waals surface area contributed by atoms with Gasteiger partial charge in [0.05, 0.1) is 11.9 Å². The lowest BCUT2D eigenvalue weighted by molar-refractivity contribution is -0.0134. The van der Waals surface area contributed by atoms with Crippen molar-refractivity contribution >= 4 is 0 Å². The topological polar surface area (TPSA) is 45.4 Å². The average molecular weight is 251 g/mol. The molecule has 3 heteroatoms. The van der Waals surface area contributed by atoms with Gasteiger partial charge >= 0.3 is 0 Å². The number of nitrogens with one attached hydrogen (secondary N) is 1. The highest BCUT2D eigenvalue weighted by atomic mass is 16.3. The summed E-state index contributed by atoms with van der Waals surface area (Å²) in [5.41, 5.74) is -0.505. The largest absolute Gasteiger partial charge is 0.469 e. The summed E-state index contributed by atoms with van der Waals surface area (Å²) >= 11 is 0. The summed E-state index contributed by atoms with van der Waals surface area (Å²) in [6.45, 7) is 5.06. The van der Waals surface area contributed by atoms with Crippen LogP contribution in [0.15, 0.2) is 22.8 Å². The van der Waals surface area contributed by atoms with E-state index in [0.717, 1.165) is 31.4 Å². The predicted molar refractivity (Wildman–Crippen MR) is 72.5 cm³/mol. The van der Waals surface area contributed by atoms with Crippen molar-refractivity contribution in [2.24, 2.45) is 5.92 Å². The Morgan fingerprint density at radius 3 is 3.11 bits per heavy atom. The van der Waals surface area contributed by atoms with Crippen LogP contribution < -0.4 is 5.32 Å². The fraction of sp³-hybridized carbons (Fsp3) is 0.733. The third-order valence-corrected chi connectivity index (χ3v) is 3.93. The standard InChI is InChI=1S/C15H25NO2/c1-12-5-3-7-15(17,10-12)11-16-13(2)9-14-6-4-8-18-14/h4,6,8,12-13,16-17H,3,5,7,9-11H2,1-2H3. The molecule has 2 rings (SSSR count). The van der Waals surface area contributed by atoms with Gasteiger partial charge in [0.25, 0.3) is 0 Å².